The fourth-order valence-corrected chi connectivity index (χ4v) is 1.79. The van der Waals surface area contributed by atoms with Crippen LogP contribution in [0.25, 0.3) is 0 Å². The molecule has 1 atom stereocenters. The van der Waals surface area contributed by atoms with Gasteiger partial charge in [0.25, 0.3) is 0 Å². The normalized spacial score (nSPS) is 12.4. The van der Waals surface area contributed by atoms with E-state index in [4.69, 9.17) is 17.3 Å². The lowest BCUT2D eigenvalue weighted by molar-refractivity contribution is -0.118. The van der Waals surface area contributed by atoms with Crippen LogP contribution in [0.2, 0.25) is 5.02 Å². The Bertz CT molecular complexity index is 334. The van der Waals surface area contributed by atoms with Crippen molar-refractivity contribution in [1.82, 2.24) is 0 Å². The molecule has 0 heterocycles. The molecule has 0 spiro atoms. The predicted octanol–water partition coefficient (Wildman–Crippen LogP) is 2.97. The summed E-state index contributed by atoms with van der Waals surface area (Å²) in [5.74, 6) is 0.197. The van der Waals surface area contributed by atoms with E-state index >= 15 is 0 Å². The number of halogens is 1. The Labute approximate surface area is 102 Å². The molecule has 0 fully saturated rings. The van der Waals surface area contributed by atoms with Crippen molar-refractivity contribution in [3.63, 3.8) is 0 Å². The maximum atomic E-state index is 11.7. The Morgan fingerprint density at radius 3 is 2.56 bits per heavy atom. The first-order valence-electron chi connectivity index (χ1n) is 5.63. The van der Waals surface area contributed by atoms with Gasteiger partial charge in [-0.15, -0.1) is 0 Å². The van der Waals surface area contributed by atoms with E-state index in [0.29, 0.717) is 17.9 Å². The van der Waals surface area contributed by atoms with Gasteiger partial charge >= 0.3 is 0 Å². The quantitative estimate of drug-likeness (QED) is 0.830. The first-order valence-corrected chi connectivity index (χ1v) is 6.01. The van der Waals surface area contributed by atoms with E-state index in [1.165, 1.54) is 0 Å². The molecule has 0 saturated carbocycles. The van der Waals surface area contributed by atoms with Crippen LogP contribution in [0.4, 0.5) is 0 Å². The number of nitrogens with two attached hydrogens (primary N) is 1. The second-order valence-electron chi connectivity index (χ2n) is 4.09. The molecule has 0 aromatic heterocycles. The van der Waals surface area contributed by atoms with Gasteiger partial charge in [-0.1, -0.05) is 37.1 Å². The van der Waals surface area contributed by atoms with E-state index in [-0.39, 0.29) is 11.8 Å². The second kappa shape index (κ2) is 6.66. The van der Waals surface area contributed by atoms with Gasteiger partial charge < -0.3 is 5.73 Å². The van der Waals surface area contributed by atoms with Gasteiger partial charge in [-0.2, -0.15) is 0 Å². The molecule has 1 aromatic carbocycles. The van der Waals surface area contributed by atoms with Crippen LogP contribution in [0.1, 0.15) is 31.7 Å². The Balaban J connectivity index is 2.42. The molecule has 0 radical (unpaired) electrons. The van der Waals surface area contributed by atoms with Crippen molar-refractivity contribution in [2.45, 2.75) is 38.6 Å². The van der Waals surface area contributed by atoms with Gasteiger partial charge in [0.05, 0.1) is 0 Å². The average molecular weight is 240 g/mol. The van der Waals surface area contributed by atoms with Crippen molar-refractivity contribution in [2.24, 2.45) is 5.73 Å². The fraction of sp³-hybridized carbons (Fsp3) is 0.462. The van der Waals surface area contributed by atoms with Gasteiger partial charge in [-0.25, -0.2) is 0 Å². The van der Waals surface area contributed by atoms with Crippen LogP contribution in [-0.4, -0.2) is 11.8 Å². The van der Waals surface area contributed by atoms with E-state index in [2.05, 4.69) is 6.92 Å². The Morgan fingerprint density at radius 2 is 2.00 bits per heavy atom. The Hall–Kier alpha value is -0.860. The largest absolute Gasteiger partial charge is 0.327 e. The topological polar surface area (TPSA) is 43.1 Å². The minimum Gasteiger partial charge on any atom is -0.327 e. The van der Waals surface area contributed by atoms with E-state index in [1.54, 1.807) is 12.1 Å². The summed E-state index contributed by atoms with van der Waals surface area (Å²) in [6, 6.07) is 7.37. The Kier molecular flexibility index (Phi) is 5.50. The molecule has 3 heteroatoms. The zero-order chi connectivity index (χ0) is 12.0. The summed E-state index contributed by atoms with van der Waals surface area (Å²) in [6.07, 6.45) is 2.85. The monoisotopic (exact) mass is 239 g/mol. The predicted molar refractivity (Wildman–Crippen MR) is 67.7 cm³/mol. The smallest absolute Gasteiger partial charge is 0.138 e. The lowest BCUT2D eigenvalue weighted by Crippen LogP contribution is -2.24. The zero-order valence-electron chi connectivity index (χ0n) is 9.58. The van der Waals surface area contributed by atoms with Gasteiger partial charge in [0.2, 0.25) is 0 Å². The standard InChI is InChI=1S/C13H18ClNO/c1-2-3-12(15)9-13(16)8-10-4-6-11(14)7-5-10/h4-7,12H,2-3,8-9,15H2,1H3. The maximum absolute atomic E-state index is 11.7. The molecular formula is C13H18ClNO. The third-order valence-electron chi connectivity index (χ3n) is 2.46. The van der Waals surface area contributed by atoms with Crippen LogP contribution < -0.4 is 5.73 Å². The lowest BCUT2D eigenvalue weighted by atomic mass is 10.0. The van der Waals surface area contributed by atoms with E-state index in [0.717, 1.165) is 18.4 Å². The lowest BCUT2D eigenvalue weighted by Gasteiger charge is -2.08. The van der Waals surface area contributed by atoms with Crippen LogP contribution in [0.15, 0.2) is 24.3 Å². The first kappa shape index (κ1) is 13.2. The highest BCUT2D eigenvalue weighted by Crippen LogP contribution is 2.11. The van der Waals surface area contributed by atoms with Gasteiger partial charge in [0, 0.05) is 23.9 Å². The van der Waals surface area contributed by atoms with Crippen molar-refractivity contribution in [3.05, 3.63) is 34.9 Å². The van der Waals surface area contributed by atoms with E-state index in [9.17, 15) is 4.79 Å². The first-order chi connectivity index (χ1) is 7.61. The SMILES string of the molecule is CCCC(N)CC(=O)Cc1ccc(Cl)cc1. The van der Waals surface area contributed by atoms with Crippen molar-refractivity contribution in [2.75, 3.05) is 0 Å². The van der Waals surface area contributed by atoms with E-state index < -0.39 is 0 Å². The number of rotatable bonds is 6. The minimum atomic E-state index is 0.00444. The van der Waals surface area contributed by atoms with Crippen LogP contribution in [0.5, 0.6) is 0 Å². The summed E-state index contributed by atoms with van der Waals surface area (Å²) in [7, 11) is 0. The molecule has 1 rings (SSSR count). The van der Waals surface area contributed by atoms with Crippen LogP contribution in [-0.2, 0) is 11.2 Å². The highest BCUT2D eigenvalue weighted by atomic mass is 35.5. The molecule has 88 valence electrons. The van der Waals surface area contributed by atoms with Crippen LogP contribution >= 0.6 is 11.6 Å². The molecule has 16 heavy (non-hydrogen) atoms. The number of carbonyl (C=O) groups is 1. The number of hydrogen-bond acceptors (Lipinski definition) is 2. The molecule has 2 nitrogen and oxygen atoms in total. The van der Waals surface area contributed by atoms with Crippen molar-refractivity contribution >= 4 is 17.4 Å². The number of carbonyl (C=O) groups excluding carboxylic acids is 1. The fourth-order valence-electron chi connectivity index (χ4n) is 1.67. The maximum Gasteiger partial charge on any atom is 0.138 e. The molecular weight excluding hydrogens is 222 g/mol. The molecule has 0 aliphatic heterocycles. The number of hydrogen-bond donors (Lipinski definition) is 1. The molecule has 1 unspecified atom stereocenters. The Morgan fingerprint density at radius 1 is 1.38 bits per heavy atom. The summed E-state index contributed by atoms with van der Waals surface area (Å²) >= 11 is 5.77. The van der Waals surface area contributed by atoms with Crippen molar-refractivity contribution < 1.29 is 4.79 Å². The van der Waals surface area contributed by atoms with Gasteiger partial charge in [0.15, 0.2) is 0 Å². The molecule has 0 amide bonds. The number of Topliss-reactive ketones (excluding diaryl/α,β-unsaturated/α-hetero) is 1. The molecule has 0 aliphatic carbocycles. The van der Waals surface area contributed by atoms with Gasteiger partial charge in [-0.05, 0) is 24.1 Å². The number of benzene rings is 1. The third-order valence-corrected chi connectivity index (χ3v) is 2.72. The van der Waals surface area contributed by atoms with Gasteiger partial charge in [0.1, 0.15) is 5.78 Å². The van der Waals surface area contributed by atoms with Crippen molar-refractivity contribution in [3.8, 4) is 0 Å². The molecule has 0 bridgehead atoms. The summed E-state index contributed by atoms with van der Waals surface area (Å²) in [6.45, 7) is 2.07. The second-order valence-corrected chi connectivity index (χ2v) is 4.53. The molecule has 0 aliphatic rings. The molecule has 2 N–H and O–H groups in total. The van der Waals surface area contributed by atoms with Crippen LogP contribution in [0, 0.1) is 0 Å². The van der Waals surface area contributed by atoms with Crippen molar-refractivity contribution in [1.29, 1.82) is 0 Å². The minimum absolute atomic E-state index is 0.00444. The zero-order valence-corrected chi connectivity index (χ0v) is 10.3. The summed E-state index contributed by atoms with van der Waals surface area (Å²) in [5, 5.41) is 0.693. The van der Waals surface area contributed by atoms with E-state index in [1.807, 2.05) is 12.1 Å². The van der Waals surface area contributed by atoms with Crippen LogP contribution in [0.3, 0.4) is 0 Å². The summed E-state index contributed by atoms with van der Waals surface area (Å²) < 4.78 is 0. The highest BCUT2D eigenvalue weighted by Gasteiger charge is 2.09. The average Bonchev–Trinajstić information content (AvgIpc) is 2.21. The summed E-state index contributed by atoms with van der Waals surface area (Å²) in [5.41, 5.74) is 6.82. The number of ketones is 1. The van der Waals surface area contributed by atoms with Gasteiger partial charge in [-0.3, -0.25) is 4.79 Å². The molecule has 0 saturated heterocycles. The highest BCUT2D eigenvalue weighted by molar-refractivity contribution is 6.30. The third kappa shape index (κ3) is 4.77. The molecule has 1 aromatic rings. The summed E-state index contributed by atoms with van der Waals surface area (Å²) in [4.78, 5) is 11.7.